The molecule has 1 aliphatic rings. The van der Waals surface area contributed by atoms with Gasteiger partial charge in [0.25, 0.3) is 5.56 Å². The van der Waals surface area contributed by atoms with Crippen LogP contribution in [-0.2, 0) is 16.0 Å². The number of carboxylic acid groups (broad SMARTS) is 1. The molecule has 2 N–H and O–H groups in total. The Hall–Kier alpha value is -3.92. The van der Waals surface area contributed by atoms with Crippen molar-refractivity contribution in [1.29, 1.82) is 0 Å². The summed E-state index contributed by atoms with van der Waals surface area (Å²) < 4.78 is 45.4. The first-order valence-corrected chi connectivity index (χ1v) is 15.4. The van der Waals surface area contributed by atoms with Crippen molar-refractivity contribution in [3.8, 4) is 11.1 Å². The Morgan fingerprint density at radius 1 is 1.07 bits per heavy atom. The summed E-state index contributed by atoms with van der Waals surface area (Å²) in [4.78, 5) is 40.9. The number of halogens is 3. The van der Waals surface area contributed by atoms with Gasteiger partial charge in [0.15, 0.2) is 5.82 Å². The molecule has 10 heteroatoms. The molecule has 2 aromatic carbocycles. The molecule has 0 aliphatic carbocycles. The van der Waals surface area contributed by atoms with Gasteiger partial charge in [-0.15, -0.1) is 0 Å². The summed E-state index contributed by atoms with van der Waals surface area (Å²) in [6.45, 7) is 10.5. The van der Waals surface area contributed by atoms with E-state index in [9.17, 15) is 28.3 Å². The number of aliphatic carboxylic acids is 1. The largest absolute Gasteiger partial charge is 0.481 e. The molecular weight excluding hydrogens is 583 g/mol. The summed E-state index contributed by atoms with van der Waals surface area (Å²) >= 11 is 0. The van der Waals surface area contributed by atoms with Gasteiger partial charge in [0.2, 0.25) is 5.91 Å². The minimum Gasteiger partial charge on any atom is -0.481 e. The van der Waals surface area contributed by atoms with Gasteiger partial charge in [0.1, 0.15) is 18.0 Å². The molecule has 1 aliphatic heterocycles. The van der Waals surface area contributed by atoms with Gasteiger partial charge < -0.3 is 19.9 Å². The Morgan fingerprint density at radius 2 is 1.76 bits per heavy atom. The lowest BCUT2D eigenvalue weighted by Crippen LogP contribution is -2.41. The molecule has 1 saturated heterocycles. The second-order valence-corrected chi connectivity index (χ2v) is 12.6. The molecule has 1 unspecified atom stereocenters. The van der Waals surface area contributed by atoms with Crippen molar-refractivity contribution in [3.05, 3.63) is 92.4 Å². The van der Waals surface area contributed by atoms with Crippen LogP contribution in [0.15, 0.2) is 47.4 Å². The molecule has 0 spiro atoms. The molecule has 45 heavy (non-hydrogen) atoms. The second kappa shape index (κ2) is 14.5. The number of aromatic nitrogens is 1. The number of benzene rings is 2. The van der Waals surface area contributed by atoms with Crippen molar-refractivity contribution in [3.63, 3.8) is 0 Å². The summed E-state index contributed by atoms with van der Waals surface area (Å²) in [6.07, 6.45) is 0.866. The number of alkyl halides is 1. The summed E-state index contributed by atoms with van der Waals surface area (Å²) in [6, 6.07) is 7.73. The molecule has 3 atom stereocenters. The average molecular weight is 626 g/mol. The Labute approximate surface area is 262 Å². The van der Waals surface area contributed by atoms with Crippen LogP contribution in [0.2, 0.25) is 0 Å². The minimum atomic E-state index is -1.26. The van der Waals surface area contributed by atoms with E-state index in [-0.39, 0.29) is 23.5 Å². The van der Waals surface area contributed by atoms with Gasteiger partial charge in [-0.3, -0.25) is 14.4 Å². The lowest BCUT2D eigenvalue weighted by atomic mass is 9.90. The number of rotatable bonds is 12. The Bertz CT molecular complexity index is 1600. The maximum Gasteiger partial charge on any atom is 0.305 e. The number of carboxylic acids is 1. The lowest BCUT2D eigenvalue weighted by molar-refractivity contribution is -0.138. The van der Waals surface area contributed by atoms with Crippen LogP contribution in [0.4, 0.5) is 13.2 Å². The Balaban J connectivity index is 1.71. The molecular formula is C35H42F3N3O4. The third-order valence-electron chi connectivity index (χ3n) is 8.44. The third-order valence-corrected chi connectivity index (χ3v) is 8.44. The van der Waals surface area contributed by atoms with E-state index < -0.39 is 53.7 Å². The standard InChI is InChI=1S/C35H42F3N3O4/c1-20(2)13-30(41-18-24(15-28(37)35(41)45)9-11-40-12-10-26(36)19-40)34(44)39-29(17-31(42)43)27-16-25(14-23(5)33(27)38)32-21(3)7-6-8-22(32)4/h6-8,14-16,18,20,26,29-30H,9-13,17,19H2,1-5H3,(H,39,44)(H,42,43)/t26-,29+,30?/m1/s1. The number of hydrogen-bond donors (Lipinski definition) is 2. The number of pyridine rings is 1. The van der Waals surface area contributed by atoms with Crippen LogP contribution in [0.25, 0.3) is 11.1 Å². The van der Waals surface area contributed by atoms with Gasteiger partial charge in [0.05, 0.1) is 12.5 Å². The molecule has 7 nitrogen and oxygen atoms in total. The van der Waals surface area contributed by atoms with Crippen LogP contribution in [-0.4, -0.2) is 52.3 Å². The lowest BCUT2D eigenvalue weighted by Gasteiger charge is -2.26. The summed E-state index contributed by atoms with van der Waals surface area (Å²) in [5.41, 5.74) is 3.27. The maximum absolute atomic E-state index is 15.7. The number of carbonyl (C=O) groups is 2. The van der Waals surface area contributed by atoms with Crippen LogP contribution >= 0.6 is 0 Å². The highest BCUT2D eigenvalue weighted by molar-refractivity contribution is 5.82. The number of nitrogens with one attached hydrogen (secondary N) is 1. The zero-order chi connectivity index (χ0) is 33.0. The molecule has 0 bridgehead atoms. The molecule has 242 valence electrons. The fraction of sp³-hybridized carbons (Fsp3) is 0.457. The van der Waals surface area contributed by atoms with E-state index >= 15 is 4.39 Å². The molecule has 2 heterocycles. The normalized spacial score (nSPS) is 16.6. The number of nitrogens with zero attached hydrogens (tertiary/aromatic N) is 2. The highest BCUT2D eigenvalue weighted by atomic mass is 19.1. The fourth-order valence-corrected chi connectivity index (χ4v) is 6.21. The number of likely N-dealkylation sites (tertiary alicyclic amines) is 1. The third kappa shape index (κ3) is 8.22. The van der Waals surface area contributed by atoms with Crippen molar-refractivity contribution in [1.82, 2.24) is 14.8 Å². The Morgan fingerprint density at radius 3 is 2.36 bits per heavy atom. The number of carbonyl (C=O) groups excluding carboxylic acids is 1. The predicted molar refractivity (Wildman–Crippen MR) is 168 cm³/mol. The fourth-order valence-electron chi connectivity index (χ4n) is 6.21. The smallest absolute Gasteiger partial charge is 0.305 e. The van der Waals surface area contributed by atoms with E-state index in [2.05, 4.69) is 5.32 Å². The van der Waals surface area contributed by atoms with E-state index in [1.165, 1.54) is 6.20 Å². The second-order valence-electron chi connectivity index (χ2n) is 12.6. The summed E-state index contributed by atoms with van der Waals surface area (Å²) in [5.74, 6) is -3.74. The molecule has 0 saturated carbocycles. The zero-order valence-electron chi connectivity index (χ0n) is 26.5. The van der Waals surface area contributed by atoms with Crippen LogP contribution in [0.5, 0.6) is 0 Å². The van der Waals surface area contributed by atoms with E-state index in [0.29, 0.717) is 43.6 Å². The first kappa shape index (κ1) is 34.0. The summed E-state index contributed by atoms with van der Waals surface area (Å²) in [5, 5.41) is 12.5. The molecule has 1 fully saturated rings. The van der Waals surface area contributed by atoms with Crippen molar-refractivity contribution in [2.24, 2.45) is 5.92 Å². The monoisotopic (exact) mass is 625 g/mol. The van der Waals surface area contributed by atoms with Gasteiger partial charge in [0, 0.05) is 31.4 Å². The van der Waals surface area contributed by atoms with E-state index in [4.69, 9.17) is 0 Å². The quantitative estimate of drug-likeness (QED) is 0.249. The van der Waals surface area contributed by atoms with Gasteiger partial charge >= 0.3 is 5.97 Å². The first-order chi connectivity index (χ1) is 21.2. The van der Waals surface area contributed by atoms with Gasteiger partial charge in [-0.25, -0.2) is 13.2 Å². The minimum absolute atomic E-state index is 0.00996. The molecule has 3 aromatic rings. The molecule has 1 amide bonds. The topological polar surface area (TPSA) is 91.6 Å². The number of aryl methyl sites for hydroxylation is 3. The van der Waals surface area contributed by atoms with E-state index in [1.54, 1.807) is 19.1 Å². The molecule has 1 aromatic heterocycles. The Kier molecular flexibility index (Phi) is 10.9. The van der Waals surface area contributed by atoms with Crippen LogP contribution in [0.3, 0.4) is 0 Å². The summed E-state index contributed by atoms with van der Waals surface area (Å²) in [7, 11) is 0. The molecule has 0 radical (unpaired) electrons. The van der Waals surface area contributed by atoms with Crippen LogP contribution in [0.1, 0.15) is 73.0 Å². The first-order valence-electron chi connectivity index (χ1n) is 15.4. The van der Waals surface area contributed by atoms with E-state index in [1.807, 2.05) is 50.8 Å². The SMILES string of the molecule is Cc1cc(-c2c(C)cccc2C)cc([C@H](CC(=O)O)NC(=O)C(CC(C)C)n2cc(CCN3CC[C@@H](F)C3)cc(F)c2=O)c1F. The van der Waals surface area contributed by atoms with Crippen molar-refractivity contribution in [2.75, 3.05) is 19.6 Å². The maximum atomic E-state index is 15.7. The molecule has 4 rings (SSSR count). The van der Waals surface area contributed by atoms with Gasteiger partial charge in [-0.1, -0.05) is 32.0 Å². The van der Waals surface area contributed by atoms with Crippen LogP contribution in [0, 0.1) is 38.3 Å². The van der Waals surface area contributed by atoms with Crippen LogP contribution < -0.4 is 10.9 Å². The van der Waals surface area contributed by atoms with Gasteiger partial charge in [-0.2, -0.15) is 0 Å². The van der Waals surface area contributed by atoms with E-state index in [0.717, 1.165) is 27.3 Å². The van der Waals surface area contributed by atoms with Crippen molar-refractivity contribution >= 4 is 11.9 Å². The predicted octanol–water partition coefficient (Wildman–Crippen LogP) is 6.22. The highest BCUT2D eigenvalue weighted by Gasteiger charge is 2.30. The van der Waals surface area contributed by atoms with Crippen molar-refractivity contribution in [2.45, 2.75) is 78.6 Å². The zero-order valence-corrected chi connectivity index (χ0v) is 26.5. The van der Waals surface area contributed by atoms with Crippen molar-refractivity contribution < 1.29 is 27.9 Å². The highest BCUT2D eigenvalue weighted by Crippen LogP contribution is 2.33. The van der Waals surface area contributed by atoms with Gasteiger partial charge in [-0.05, 0) is 97.5 Å². The number of amides is 1. The average Bonchev–Trinajstić information content (AvgIpc) is 3.38. The number of hydrogen-bond acceptors (Lipinski definition) is 4.